The summed E-state index contributed by atoms with van der Waals surface area (Å²) in [7, 11) is 1.50. The van der Waals surface area contributed by atoms with E-state index in [1.165, 1.54) is 39.5 Å². The van der Waals surface area contributed by atoms with Crippen LogP contribution < -0.4 is 5.32 Å². The highest BCUT2D eigenvalue weighted by molar-refractivity contribution is 5.81. The van der Waals surface area contributed by atoms with Crippen molar-refractivity contribution in [2.75, 3.05) is 26.7 Å². The Morgan fingerprint density at radius 1 is 1.40 bits per heavy atom. The summed E-state index contributed by atoms with van der Waals surface area (Å²) < 4.78 is 5.05. The first-order valence-electron chi connectivity index (χ1n) is 8.22. The molecule has 3 atom stereocenters. The number of hydrogen-bond donors (Lipinski definition) is 1. The zero-order chi connectivity index (χ0) is 14.6. The molecule has 0 aromatic heterocycles. The van der Waals surface area contributed by atoms with E-state index in [2.05, 4.69) is 24.1 Å². The molecule has 2 fully saturated rings. The summed E-state index contributed by atoms with van der Waals surface area (Å²) >= 11 is 0. The molecule has 0 bridgehead atoms. The number of carbonyl (C=O) groups excluding carboxylic acids is 1. The number of hydrogen-bond acceptors (Lipinski definition) is 4. The highest BCUT2D eigenvalue weighted by Gasteiger charge is 2.47. The Labute approximate surface area is 123 Å². The zero-order valence-electron chi connectivity index (χ0n) is 13.3. The molecule has 4 nitrogen and oxygen atoms in total. The van der Waals surface area contributed by atoms with Gasteiger partial charge in [-0.15, -0.1) is 0 Å². The fourth-order valence-corrected chi connectivity index (χ4v) is 4.05. The molecular formula is C16H30N2O2. The van der Waals surface area contributed by atoms with Crippen molar-refractivity contribution in [1.82, 2.24) is 10.2 Å². The fraction of sp³-hybridized carbons (Fsp3) is 0.938. The summed E-state index contributed by atoms with van der Waals surface area (Å²) in [5.74, 6) is 0.766. The number of ether oxygens (including phenoxy) is 1. The second-order valence-electron chi connectivity index (χ2n) is 6.41. The minimum atomic E-state index is -0.437. The average molecular weight is 282 g/mol. The molecule has 3 unspecified atom stereocenters. The fourth-order valence-electron chi connectivity index (χ4n) is 4.05. The molecule has 2 rings (SSSR count). The van der Waals surface area contributed by atoms with Crippen molar-refractivity contribution in [3.05, 3.63) is 0 Å². The van der Waals surface area contributed by atoms with Crippen LogP contribution in [-0.2, 0) is 9.53 Å². The van der Waals surface area contributed by atoms with Crippen LogP contribution in [0.4, 0.5) is 0 Å². The Balaban J connectivity index is 2.00. The van der Waals surface area contributed by atoms with E-state index in [-0.39, 0.29) is 5.97 Å². The van der Waals surface area contributed by atoms with Crippen LogP contribution in [0.5, 0.6) is 0 Å². The summed E-state index contributed by atoms with van der Waals surface area (Å²) in [6.45, 7) is 7.58. The minimum Gasteiger partial charge on any atom is -0.468 e. The maximum Gasteiger partial charge on any atom is 0.326 e. The van der Waals surface area contributed by atoms with Crippen LogP contribution in [-0.4, -0.2) is 49.2 Å². The molecule has 1 aliphatic heterocycles. The lowest BCUT2D eigenvalue weighted by atomic mass is 9.93. The number of piperidine rings is 1. The first-order chi connectivity index (χ1) is 9.65. The van der Waals surface area contributed by atoms with E-state index < -0.39 is 5.54 Å². The molecule has 0 aromatic rings. The number of nitrogens with zero attached hydrogens (tertiary/aromatic N) is 1. The Morgan fingerprint density at radius 3 is 2.85 bits per heavy atom. The molecule has 0 amide bonds. The molecule has 20 heavy (non-hydrogen) atoms. The van der Waals surface area contributed by atoms with Crippen LogP contribution in [0.1, 0.15) is 52.4 Å². The van der Waals surface area contributed by atoms with Gasteiger partial charge in [0, 0.05) is 12.6 Å². The highest BCUT2D eigenvalue weighted by atomic mass is 16.5. The SMILES string of the molecule is CCNC1(C(=O)OC)CCC(N2CCCC(CC)C2)C1. The van der Waals surface area contributed by atoms with E-state index in [1.807, 2.05) is 0 Å². The topological polar surface area (TPSA) is 41.6 Å². The number of carbonyl (C=O) groups is 1. The van der Waals surface area contributed by atoms with Crippen molar-refractivity contribution in [2.45, 2.75) is 64.0 Å². The van der Waals surface area contributed by atoms with Gasteiger partial charge in [0.15, 0.2) is 0 Å². The number of likely N-dealkylation sites (tertiary alicyclic amines) is 1. The second-order valence-corrected chi connectivity index (χ2v) is 6.41. The molecule has 0 aromatic carbocycles. The molecule has 0 radical (unpaired) electrons. The van der Waals surface area contributed by atoms with Gasteiger partial charge in [0.1, 0.15) is 5.54 Å². The molecule has 0 spiro atoms. The van der Waals surface area contributed by atoms with Gasteiger partial charge >= 0.3 is 5.97 Å². The van der Waals surface area contributed by atoms with E-state index in [0.717, 1.165) is 31.7 Å². The molecule has 1 heterocycles. The van der Waals surface area contributed by atoms with Gasteiger partial charge in [-0.3, -0.25) is 4.79 Å². The average Bonchev–Trinajstić information content (AvgIpc) is 2.92. The van der Waals surface area contributed by atoms with Gasteiger partial charge in [-0.25, -0.2) is 0 Å². The van der Waals surface area contributed by atoms with Crippen molar-refractivity contribution in [3.8, 4) is 0 Å². The number of methoxy groups -OCH3 is 1. The molecular weight excluding hydrogens is 252 g/mol. The zero-order valence-corrected chi connectivity index (χ0v) is 13.3. The second kappa shape index (κ2) is 6.90. The highest BCUT2D eigenvalue weighted by Crippen LogP contribution is 2.36. The van der Waals surface area contributed by atoms with E-state index >= 15 is 0 Å². The first kappa shape index (κ1) is 15.8. The van der Waals surface area contributed by atoms with Gasteiger partial charge in [-0.2, -0.15) is 0 Å². The van der Waals surface area contributed by atoms with Crippen molar-refractivity contribution in [2.24, 2.45) is 5.92 Å². The Kier molecular flexibility index (Phi) is 5.44. The van der Waals surface area contributed by atoms with Crippen LogP contribution in [0.25, 0.3) is 0 Å². The number of likely N-dealkylation sites (N-methyl/N-ethyl adjacent to an activating group) is 1. The Morgan fingerprint density at radius 2 is 2.20 bits per heavy atom. The van der Waals surface area contributed by atoms with Crippen LogP contribution in [0.2, 0.25) is 0 Å². The van der Waals surface area contributed by atoms with Crippen molar-refractivity contribution < 1.29 is 9.53 Å². The van der Waals surface area contributed by atoms with Gasteiger partial charge in [-0.1, -0.05) is 20.3 Å². The van der Waals surface area contributed by atoms with Crippen LogP contribution in [0.3, 0.4) is 0 Å². The normalized spacial score (nSPS) is 35.1. The predicted molar refractivity (Wildman–Crippen MR) is 80.7 cm³/mol. The van der Waals surface area contributed by atoms with Gasteiger partial charge in [0.2, 0.25) is 0 Å². The van der Waals surface area contributed by atoms with Gasteiger partial charge in [0.05, 0.1) is 7.11 Å². The summed E-state index contributed by atoms with van der Waals surface area (Å²) in [4.78, 5) is 14.8. The van der Waals surface area contributed by atoms with Crippen LogP contribution in [0.15, 0.2) is 0 Å². The maximum atomic E-state index is 12.2. The standard InChI is InChI=1S/C16H30N2O2/c1-4-13-7-6-10-18(12-13)14-8-9-16(11-14,17-5-2)15(19)20-3/h13-14,17H,4-12H2,1-3H3. The summed E-state index contributed by atoms with van der Waals surface area (Å²) in [6.07, 6.45) is 6.88. The van der Waals surface area contributed by atoms with E-state index in [1.54, 1.807) is 0 Å². The largest absolute Gasteiger partial charge is 0.468 e. The lowest BCUT2D eigenvalue weighted by Crippen LogP contribution is -2.52. The van der Waals surface area contributed by atoms with E-state index in [4.69, 9.17) is 4.74 Å². The van der Waals surface area contributed by atoms with E-state index in [9.17, 15) is 4.79 Å². The lowest BCUT2D eigenvalue weighted by Gasteiger charge is -2.37. The third-order valence-electron chi connectivity index (χ3n) is 5.22. The molecule has 116 valence electrons. The number of esters is 1. The van der Waals surface area contributed by atoms with E-state index in [0.29, 0.717) is 6.04 Å². The molecule has 1 aliphatic carbocycles. The molecule has 1 saturated carbocycles. The summed E-state index contributed by atoms with van der Waals surface area (Å²) in [6, 6.07) is 0.544. The third kappa shape index (κ3) is 3.17. The minimum absolute atomic E-state index is 0.0779. The van der Waals surface area contributed by atoms with Crippen LogP contribution in [0, 0.1) is 5.92 Å². The van der Waals surface area contributed by atoms with Gasteiger partial charge in [-0.05, 0) is 51.1 Å². The molecule has 1 N–H and O–H groups in total. The molecule has 1 saturated heterocycles. The van der Waals surface area contributed by atoms with Crippen molar-refractivity contribution in [3.63, 3.8) is 0 Å². The van der Waals surface area contributed by atoms with Gasteiger partial charge in [0.25, 0.3) is 0 Å². The summed E-state index contributed by atoms with van der Waals surface area (Å²) in [5, 5.41) is 3.40. The third-order valence-corrected chi connectivity index (χ3v) is 5.22. The van der Waals surface area contributed by atoms with Crippen molar-refractivity contribution >= 4 is 5.97 Å². The predicted octanol–water partition coefficient (Wildman–Crippen LogP) is 2.18. The van der Waals surface area contributed by atoms with Crippen molar-refractivity contribution in [1.29, 1.82) is 0 Å². The summed E-state index contributed by atoms with van der Waals surface area (Å²) in [5.41, 5.74) is -0.437. The smallest absolute Gasteiger partial charge is 0.326 e. The van der Waals surface area contributed by atoms with Gasteiger partial charge < -0.3 is 15.0 Å². The number of rotatable bonds is 5. The van der Waals surface area contributed by atoms with Crippen LogP contribution >= 0.6 is 0 Å². The quantitative estimate of drug-likeness (QED) is 0.785. The first-order valence-corrected chi connectivity index (χ1v) is 8.22. The monoisotopic (exact) mass is 282 g/mol. The maximum absolute atomic E-state index is 12.2. The molecule has 4 heteroatoms. The molecule has 2 aliphatic rings. The Hall–Kier alpha value is -0.610. The number of nitrogens with one attached hydrogen (secondary N) is 1. The lowest BCUT2D eigenvalue weighted by molar-refractivity contribution is -0.148. The Bertz CT molecular complexity index is 334.